The molecule has 3 rings (SSSR count). The van der Waals surface area contributed by atoms with Crippen molar-refractivity contribution in [1.82, 2.24) is 10.2 Å². The third-order valence-electron chi connectivity index (χ3n) is 5.46. The van der Waals surface area contributed by atoms with E-state index < -0.39 is 11.6 Å². The lowest BCUT2D eigenvalue weighted by Crippen LogP contribution is -1.97. The average Bonchev–Trinajstić information content (AvgIpc) is 3.27. The maximum absolute atomic E-state index is 14.9. The van der Waals surface area contributed by atoms with Gasteiger partial charge in [0, 0.05) is 12.0 Å². The maximum Gasteiger partial charge on any atom is 0.169 e. The Hall–Kier alpha value is -2.34. The molecule has 0 spiro atoms. The minimum Gasteiger partial charge on any atom is -0.494 e. The normalized spacial score (nSPS) is 11.1. The largest absolute Gasteiger partial charge is 0.494 e. The molecule has 0 atom stereocenters. The zero-order valence-corrected chi connectivity index (χ0v) is 19.8. The van der Waals surface area contributed by atoms with Crippen LogP contribution < -0.4 is 4.74 Å². The first kappa shape index (κ1) is 24.3. The predicted molar refractivity (Wildman–Crippen MR) is 128 cm³/mol. The first-order valence-electron chi connectivity index (χ1n) is 11.7. The molecule has 2 aromatic carbocycles. The number of nitrogens with zero attached hydrogens (tertiary/aromatic N) is 2. The number of rotatable bonds is 13. The molecule has 0 radical (unpaired) electrons. The molecule has 0 saturated carbocycles. The Kier molecular flexibility index (Phi) is 9.60. The van der Waals surface area contributed by atoms with Crippen LogP contribution in [0.25, 0.3) is 21.7 Å². The topological polar surface area (TPSA) is 35.0 Å². The van der Waals surface area contributed by atoms with E-state index in [9.17, 15) is 8.78 Å². The van der Waals surface area contributed by atoms with E-state index in [0.29, 0.717) is 17.2 Å². The van der Waals surface area contributed by atoms with Crippen LogP contribution in [0.2, 0.25) is 0 Å². The Morgan fingerprint density at radius 3 is 2.16 bits per heavy atom. The van der Waals surface area contributed by atoms with Crippen molar-refractivity contribution in [3.05, 3.63) is 53.0 Å². The molecule has 32 heavy (non-hydrogen) atoms. The summed E-state index contributed by atoms with van der Waals surface area (Å²) < 4.78 is 35.5. The number of aryl methyl sites for hydroxylation is 1. The van der Waals surface area contributed by atoms with E-state index in [0.717, 1.165) is 49.3 Å². The Labute approximate surface area is 193 Å². The number of benzene rings is 2. The summed E-state index contributed by atoms with van der Waals surface area (Å²) in [5, 5.41) is 9.49. The van der Waals surface area contributed by atoms with Crippen LogP contribution in [0.3, 0.4) is 0 Å². The molecular weight excluding hydrogens is 426 g/mol. The van der Waals surface area contributed by atoms with Crippen molar-refractivity contribution >= 4 is 11.3 Å². The Bertz CT molecular complexity index is 972. The van der Waals surface area contributed by atoms with Crippen molar-refractivity contribution < 1.29 is 13.5 Å². The van der Waals surface area contributed by atoms with E-state index in [1.165, 1.54) is 30.6 Å². The molecule has 0 unspecified atom stereocenters. The summed E-state index contributed by atoms with van der Waals surface area (Å²) in [7, 11) is 0. The molecule has 0 aliphatic carbocycles. The van der Waals surface area contributed by atoms with Crippen LogP contribution in [0.1, 0.15) is 70.2 Å². The average molecular weight is 459 g/mol. The fourth-order valence-electron chi connectivity index (χ4n) is 3.55. The number of hydrogen-bond donors (Lipinski definition) is 0. The number of hydrogen-bond acceptors (Lipinski definition) is 4. The van der Waals surface area contributed by atoms with Crippen LogP contribution >= 0.6 is 11.3 Å². The van der Waals surface area contributed by atoms with E-state index in [4.69, 9.17) is 4.74 Å². The van der Waals surface area contributed by atoms with E-state index in [1.807, 2.05) is 0 Å². The highest BCUT2D eigenvalue weighted by atomic mass is 32.1. The minimum absolute atomic E-state index is 0.161. The van der Waals surface area contributed by atoms with Gasteiger partial charge in [-0.1, -0.05) is 81.9 Å². The van der Waals surface area contributed by atoms with Crippen LogP contribution in [0.4, 0.5) is 8.78 Å². The number of halogens is 2. The molecule has 172 valence electrons. The molecule has 0 fully saturated rings. The van der Waals surface area contributed by atoms with E-state index in [-0.39, 0.29) is 11.1 Å². The van der Waals surface area contributed by atoms with Crippen molar-refractivity contribution in [3.63, 3.8) is 0 Å². The van der Waals surface area contributed by atoms with Crippen molar-refractivity contribution in [3.8, 4) is 27.4 Å². The highest BCUT2D eigenvalue weighted by Gasteiger charge is 2.18. The number of unbranched alkanes of at least 4 members (excludes halogenated alkanes) is 6. The lowest BCUT2D eigenvalue weighted by atomic mass is 10.0. The molecule has 0 bridgehead atoms. The third kappa shape index (κ3) is 6.58. The summed E-state index contributed by atoms with van der Waals surface area (Å²) in [6.07, 6.45) is 9.99. The van der Waals surface area contributed by atoms with E-state index in [2.05, 4.69) is 24.0 Å². The summed E-state index contributed by atoms with van der Waals surface area (Å²) in [5.74, 6) is -1.01. The van der Waals surface area contributed by atoms with Crippen molar-refractivity contribution in [2.45, 2.75) is 71.6 Å². The smallest absolute Gasteiger partial charge is 0.169 e. The first-order valence-corrected chi connectivity index (χ1v) is 12.5. The standard InChI is InChI=1S/C26H32F2N2OS/c1-3-5-7-8-10-18-31-20-14-12-19(13-15-20)21-16-17-22(25(28)24(21)27)26-30-29-23(32-26)11-9-6-4-2/h12-17H,3-11,18H2,1-2H3. The Balaban J connectivity index is 1.64. The fourth-order valence-corrected chi connectivity index (χ4v) is 4.45. The van der Waals surface area contributed by atoms with Crippen LogP contribution in [0, 0.1) is 11.6 Å². The van der Waals surface area contributed by atoms with Gasteiger partial charge in [-0.15, -0.1) is 10.2 Å². The lowest BCUT2D eigenvalue weighted by molar-refractivity contribution is 0.304. The molecule has 0 aliphatic rings. The monoisotopic (exact) mass is 458 g/mol. The van der Waals surface area contributed by atoms with Crippen LogP contribution in [-0.2, 0) is 6.42 Å². The Morgan fingerprint density at radius 2 is 1.41 bits per heavy atom. The van der Waals surface area contributed by atoms with Gasteiger partial charge in [0.05, 0.1) is 12.2 Å². The molecule has 1 aromatic heterocycles. The summed E-state index contributed by atoms with van der Waals surface area (Å²) in [6.45, 7) is 5.01. The summed E-state index contributed by atoms with van der Waals surface area (Å²) >= 11 is 1.33. The minimum atomic E-state index is -0.883. The summed E-state index contributed by atoms with van der Waals surface area (Å²) in [6, 6.07) is 10.3. The lowest BCUT2D eigenvalue weighted by Gasteiger charge is -2.09. The molecule has 0 saturated heterocycles. The second-order valence-corrected chi connectivity index (χ2v) is 9.10. The molecule has 1 heterocycles. The molecule has 0 aliphatic heterocycles. The van der Waals surface area contributed by atoms with Crippen molar-refractivity contribution in [1.29, 1.82) is 0 Å². The number of aromatic nitrogens is 2. The molecule has 0 amide bonds. The van der Waals surface area contributed by atoms with Gasteiger partial charge in [0.15, 0.2) is 16.6 Å². The first-order chi connectivity index (χ1) is 15.6. The van der Waals surface area contributed by atoms with Gasteiger partial charge < -0.3 is 4.74 Å². The zero-order chi connectivity index (χ0) is 22.8. The van der Waals surface area contributed by atoms with Gasteiger partial charge in [0.1, 0.15) is 10.8 Å². The highest BCUT2D eigenvalue weighted by Crippen LogP contribution is 2.33. The molecular formula is C26H32F2N2OS. The van der Waals surface area contributed by atoms with Crippen molar-refractivity contribution in [2.75, 3.05) is 6.61 Å². The number of ether oxygens (including phenoxy) is 1. The van der Waals surface area contributed by atoms with E-state index in [1.54, 1.807) is 36.4 Å². The Morgan fingerprint density at radius 1 is 0.750 bits per heavy atom. The van der Waals surface area contributed by atoms with Gasteiger partial charge in [0.25, 0.3) is 0 Å². The van der Waals surface area contributed by atoms with Crippen LogP contribution in [0.5, 0.6) is 5.75 Å². The SMILES string of the molecule is CCCCCCCOc1ccc(-c2ccc(-c3nnc(CCCCC)s3)c(F)c2F)cc1. The maximum atomic E-state index is 14.9. The third-order valence-corrected chi connectivity index (χ3v) is 6.47. The second-order valence-electron chi connectivity index (χ2n) is 8.03. The second kappa shape index (κ2) is 12.6. The highest BCUT2D eigenvalue weighted by molar-refractivity contribution is 7.14. The molecule has 6 heteroatoms. The molecule has 0 N–H and O–H groups in total. The van der Waals surface area contributed by atoms with Crippen LogP contribution in [0.15, 0.2) is 36.4 Å². The predicted octanol–water partition coefficient (Wildman–Crippen LogP) is 8.23. The van der Waals surface area contributed by atoms with Gasteiger partial charge in [-0.3, -0.25) is 0 Å². The van der Waals surface area contributed by atoms with Gasteiger partial charge in [-0.05, 0) is 36.6 Å². The summed E-state index contributed by atoms with van der Waals surface area (Å²) in [4.78, 5) is 0. The molecule has 3 aromatic rings. The fraction of sp³-hybridized carbons (Fsp3) is 0.462. The van der Waals surface area contributed by atoms with Gasteiger partial charge in [0.2, 0.25) is 0 Å². The molecule has 3 nitrogen and oxygen atoms in total. The van der Waals surface area contributed by atoms with Gasteiger partial charge in [-0.2, -0.15) is 0 Å². The van der Waals surface area contributed by atoms with Crippen LogP contribution in [-0.4, -0.2) is 16.8 Å². The quantitative estimate of drug-likeness (QED) is 0.242. The van der Waals surface area contributed by atoms with E-state index >= 15 is 0 Å². The van der Waals surface area contributed by atoms with Gasteiger partial charge >= 0.3 is 0 Å². The van der Waals surface area contributed by atoms with Crippen molar-refractivity contribution in [2.24, 2.45) is 0 Å². The van der Waals surface area contributed by atoms with Gasteiger partial charge in [-0.25, -0.2) is 8.78 Å². The zero-order valence-electron chi connectivity index (χ0n) is 19.0. The summed E-state index contributed by atoms with van der Waals surface area (Å²) in [5.41, 5.74) is 0.999.